The number of piperidine rings is 1. The number of nitrogens with zero attached hydrogens (tertiary/aromatic N) is 1. The normalized spacial score (nSPS) is 23.8. The van der Waals surface area contributed by atoms with Gasteiger partial charge < -0.3 is 10.4 Å². The van der Waals surface area contributed by atoms with Crippen molar-refractivity contribution in [3.05, 3.63) is 0 Å². The maximum atomic E-state index is 11.4. The first-order valence-corrected chi connectivity index (χ1v) is 4.31. The minimum atomic E-state index is -0.310. The van der Waals surface area contributed by atoms with Crippen LogP contribution in [0.5, 0.6) is 0 Å². The zero-order chi connectivity index (χ0) is 9.84. The highest BCUT2D eigenvalue weighted by Gasteiger charge is 2.30. The number of aliphatic hydroxyl groups excluding tert-OH is 1. The second-order valence-corrected chi connectivity index (χ2v) is 3.06. The van der Waals surface area contributed by atoms with E-state index in [0.29, 0.717) is 19.4 Å². The molecular weight excluding hydrogens is 172 g/mol. The highest BCUT2D eigenvalue weighted by atomic mass is 16.3. The average Bonchev–Trinajstić information content (AvgIpc) is 2.13. The topological polar surface area (TPSA) is 69.6 Å². The van der Waals surface area contributed by atoms with Gasteiger partial charge in [0.15, 0.2) is 0 Å². The molecule has 0 radical (unpaired) electrons. The van der Waals surface area contributed by atoms with Gasteiger partial charge in [-0.25, -0.2) is 0 Å². The molecule has 0 bridgehead atoms. The third kappa shape index (κ3) is 2.26. The number of carbonyl (C=O) groups is 2. The van der Waals surface area contributed by atoms with Crippen molar-refractivity contribution in [3.63, 3.8) is 0 Å². The molecule has 0 aliphatic carbocycles. The summed E-state index contributed by atoms with van der Waals surface area (Å²) in [5.74, 6) is -0.336. The van der Waals surface area contributed by atoms with Crippen LogP contribution in [0.3, 0.4) is 0 Å². The molecule has 5 nitrogen and oxygen atoms in total. The Kier molecular flexibility index (Phi) is 3.39. The minimum absolute atomic E-state index is 0.00143. The first kappa shape index (κ1) is 10.1. The number of aliphatic hydroxyl groups is 1. The number of hydrogen-bond donors (Lipinski definition) is 2. The number of imide groups is 1. The molecule has 1 aliphatic heterocycles. The summed E-state index contributed by atoms with van der Waals surface area (Å²) < 4.78 is 0. The molecule has 13 heavy (non-hydrogen) atoms. The van der Waals surface area contributed by atoms with Crippen LogP contribution in [0.2, 0.25) is 0 Å². The number of likely N-dealkylation sites (N-methyl/N-ethyl adjacent to an activating group) is 1. The van der Waals surface area contributed by atoms with E-state index in [-0.39, 0.29) is 24.5 Å². The highest BCUT2D eigenvalue weighted by molar-refractivity contribution is 6.00. The van der Waals surface area contributed by atoms with Crippen molar-refractivity contribution in [2.45, 2.75) is 18.9 Å². The number of carbonyl (C=O) groups excluding carboxylic acids is 2. The van der Waals surface area contributed by atoms with Crippen molar-refractivity contribution >= 4 is 11.8 Å². The fraction of sp³-hybridized carbons (Fsp3) is 0.750. The monoisotopic (exact) mass is 186 g/mol. The van der Waals surface area contributed by atoms with Gasteiger partial charge in [-0.15, -0.1) is 0 Å². The zero-order valence-electron chi connectivity index (χ0n) is 7.62. The fourth-order valence-electron chi connectivity index (χ4n) is 1.34. The molecule has 0 spiro atoms. The molecule has 1 atom stereocenters. The average molecular weight is 186 g/mol. The largest absolute Gasteiger partial charge is 0.395 e. The van der Waals surface area contributed by atoms with Gasteiger partial charge in [-0.3, -0.25) is 14.5 Å². The Morgan fingerprint density at radius 3 is 2.92 bits per heavy atom. The molecule has 0 aromatic heterocycles. The van der Waals surface area contributed by atoms with Gasteiger partial charge in [-0.05, 0) is 6.42 Å². The van der Waals surface area contributed by atoms with Crippen LogP contribution in [-0.2, 0) is 9.59 Å². The second-order valence-electron chi connectivity index (χ2n) is 3.06. The van der Waals surface area contributed by atoms with Crippen LogP contribution in [0.4, 0.5) is 0 Å². The Balaban J connectivity index is 2.49. The lowest BCUT2D eigenvalue weighted by Gasteiger charge is -2.27. The summed E-state index contributed by atoms with van der Waals surface area (Å²) in [6.07, 6.45) is 0.924. The maximum absolute atomic E-state index is 11.4. The van der Waals surface area contributed by atoms with Gasteiger partial charge >= 0.3 is 0 Å². The van der Waals surface area contributed by atoms with E-state index in [1.165, 1.54) is 7.05 Å². The summed E-state index contributed by atoms with van der Waals surface area (Å²) in [6.45, 7) is 0.389. The van der Waals surface area contributed by atoms with Crippen LogP contribution in [0.1, 0.15) is 12.8 Å². The summed E-state index contributed by atoms with van der Waals surface area (Å²) in [5.41, 5.74) is 0. The van der Waals surface area contributed by atoms with E-state index >= 15 is 0 Å². The summed E-state index contributed by atoms with van der Waals surface area (Å²) in [7, 11) is 1.48. The van der Waals surface area contributed by atoms with Gasteiger partial charge in [0, 0.05) is 20.0 Å². The number of nitrogens with one attached hydrogen (secondary N) is 1. The van der Waals surface area contributed by atoms with Crippen LogP contribution < -0.4 is 5.32 Å². The SMILES string of the molecule is CN1C(=O)CCC(NCCO)C1=O. The lowest BCUT2D eigenvalue weighted by atomic mass is 10.0. The van der Waals surface area contributed by atoms with Gasteiger partial charge in [0.25, 0.3) is 0 Å². The quantitative estimate of drug-likeness (QED) is 0.538. The van der Waals surface area contributed by atoms with E-state index < -0.39 is 0 Å². The van der Waals surface area contributed by atoms with Crippen LogP contribution in [-0.4, -0.2) is 48.1 Å². The number of likely N-dealkylation sites (tertiary alicyclic amines) is 1. The van der Waals surface area contributed by atoms with Crippen molar-refractivity contribution in [2.75, 3.05) is 20.2 Å². The Labute approximate surface area is 76.7 Å². The van der Waals surface area contributed by atoms with Crippen molar-refractivity contribution in [1.82, 2.24) is 10.2 Å². The van der Waals surface area contributed by atoms with Gasteiger partial charge in [0.1, 0.15) is 0 Å². The molecule has 1 heterocycles. The lowest BCUT2D eigenvalue weighted by molar-refractivity contribution is -0.148. The first-order valence-electron chi connectivity index (χ1n) is 4.31. The molecule has 1 saturated heterocycles. The predicted molar refractivity (Wildman–Crippen MR) is 45.9 cm³/mol. The van der Waals surface area contributed by atoms with Crippen molar-refractivity contribution in [3.8, 4) is 0 Å². The molecule has 0 aromatic rings. The molecule has 1 rings (SSSR count). The Morgan fingerprint density at radius 2 is 2.31 bits per heavy atom. The Bertz CT molecular complexity index is 217. The van der Waals surface area contributed by atoms with Crippen LogP contribution in [0.15, 0.2) is 0 Å². The minimum Gasteiger partial charge on any atom is -0.395 e. The third-order valence-electron chi connectivity index (χ3n) is 2.15. The molecule has 1 unspecified atom stereocenters. The van der Waals surface area contributed by atoms with E-state index in [0.717, 1.165) is 4.90 Å². The molecule has 1 fully saturated rings. The van der Waals surface area contributed by atoms with Crippen LogP contribution >= 0.6 is 0 Å². The Hall–Kier alpha value is -0.940. The molecule has 1 aliphatic rings. The highest BCUT2D eigenvalue weighted by Crippen LogP contribution is 2.10. The van der Waals surface area contributed by atoms with Crippen LogP contribution in [0.25, 0.3) is 0 Å². The van der Waals surface area contributed by atoms with Crippen molar-refractivity contribution in [1.29, 1.82) is 0 Å². The summed E-state index contributed by atoms with van der Waals surface area (Å²) >= 11 is 0. The van der Waals surface area contributed by atoms with E-state index in [9.17, 15) is 9.59 Å². The summed E-state index contributed by atoms with van der Waals surface area (Å²) in [4.78, 5) is 23.6. The van der Waals surface area contributed by atoms with E-state index in [2.05, 4.69) is 5.32 Å². The Morgan fingerprint density at radius 1 is 1.62 bits per heavy atom. The lowest BCUT2D eigenvalue weighted by Crippen LogP contribution is -2.51. The van der Waals surface area contributed by atoms with E-state index in [4.69, 9.17) is 5.11 Å². The summed E-state index contributed by atoms with van der Waals surface area (Å²) in [5, 5.41) is 11.4. The number of rotatable bonds is 3. The number of amides is 2. The molecule has 74 valence electrons. The maximum Gasteiger partial charge on any atom is 0.246 e. The van der Waals surface area contributed by atoms with E-state index in [1.54, 1.807) is 0 Å². The van der Waals surface area contributed by atoms with Crippen LogP contribution in [0, 0.1) is 0 Å². The molecule has 5 heteroatoms. The summed E-state index contributed by atoms with van der Waals surface area (Å²) in [6, 6.07) is -0.310. The second kappa shape index (κ2) is 4.34. The third-order valence-corrected chi connectivity index (χ3v) is 2.15. The molecule has 2 N–H and O–H groups in total. The smallest absolute Gasteiger partial charge is 0.246 e. The standard InChI is InChI=1S/C8H14N2O3/c1-10-7(12)3-2-6(8(10)13)9-4-5-11/h6,9,11H,2-5H2,1H3. The van der Waals surface area contributed by atoms with Gasteiger partial charge in [-0.1, -0.05) is 0 Å². The van der Waals surface area contributed by atoms with E-state index in [1.807, 2.05) is 0 Å². The van der Waals surface area contributed by atoms with Gasteiger partial charge in [-0.2, -0.15) is 0 Å². The van der Waals surface area contributed by atoms with Crippen molar-refractivity contribution < 1.29 is 14.7 Å². The molecular formula is C8H14N2O3. The zero-order valence-corrected chi connectivity index (χ0v) is 7.62. The first-order chi connectivity index (χ1) is 6.16. The van der Waals surface area contributed by atoms with Gasteiger partial charge in [0.05, 0.1) is 12.6 Å². The molecule has 2 amide bonds. The predicted octanol–water partition coefficient (Wildman–Crippen LogP) is -1.28. The number of hydrogen-bond acceptors (Lipinski definition) is 4. The van der Waals surface area contributed by atoms with Gasteiger partial charge in [0.2, 0.25) is 11.8 Å². The fourth-order valence-corrected chi connectivity index (χ4v) is 1.34. The molecule has 0 saturated carbocycles. The molecule has 0 aromatic carbocycles. The van der Waals surface area contributed by atoms with Crippen molar-refractivity contribution in [2.24, 2.45) is 0 Å².